The third-order valence-electron chi connectivity index (χ3n) is 5.18. The van der Waals surface area contributed by atoms with Crippen molar-refractivity contribution in [1.82, 2.24) is 19.6 Å². The van der Waals surface area contributed by atoms with Crippen molar-refractivity contribution in [3.8, 4) is 11.4 Å². The van der Waals surface area contributed by atoms with Crippen LogP contribution in [0.15, 0.2) is 30.5 Å². The molecule has 2 aliphatic heterocycles. The fourth-order valence-electron chi connectivity index (χ4n) is 3.71. The summed E-state index contributed by atoms with van der Waals surface area (Å²) in [5.41, 5.74) is 0.615. The number of carbonyl (C=O) groups is 1. The number of nitrogens with zero attached hydrogens (tertiary/aromatic N) is 4. The molecular formula is C19H23FN4O3. The van der Waals surface area contributed by atoms with Crippen molar-refractivity contribution in [2.45, 2.75) is 6.42 Å². The van der Waals surface area contributed by atoms with Gasteiger partial charge in [-0.1, -0.05) is 0 Å². The summed E-state index contributed by atoms with van der Waals surface area (Å²) in [6, 6.07) is 5.72. The van der Waals surface area contributed by atoms with Crippen LogP contribution in [0.2, 0.25) is 0 Å². The standard InChI is InChI=1S/C19H23FN4O3/c20-15-1-3-16(4-2-15)24-13-17(25)18(21-24)19(26)23-6-5-14(12-23)11-22-7-9-27-10-8-22/h1-4,13-14,25H,5-12H2. The summed E-state index contributed by atoms with van der Waals surface area (Å²) in [5, 5.41) is 14.4. The molecule has 0 spiro atoms. The van der Waals surface area contributed by atoms with Crippen LogP contribution in [0.3, 0.4) is 0 Å². The summed E-state index contributed by atoms with van der Waals surface area (Å²) in [5.74, 6) is -0.359. The Labute approximate surface area is 156 Å². The summed E-state index contributed by atoms with van der Waals surface area (Å²) in [6.07, 6.45) is 2.32. The van der Waals surface area contributed by atoms with Crippen LogP contribution in [-0.4, -0.2) is 76.5 Å². The summed E-state index contributed by atoms with van der Waals surface area (Å²) in [6.45, 7) is 5.70. The van der Waals surface area contributed by atoms with E-state index in [-0.39, 0.29) is 23.2 Å². The first-order chi connectivity index (χ1) is 13.1. The van der Waals surface area contributed by atoms with E-state index in [0.29, 0.717) is 24.7 Å². The molecule has 0 aliphatic carbocycles. The Kier molecular flexibility index (Phi) is 5.09. The lowest BCUT2D eigenvalue weighted by Crippen LogP contribution is -2.40. The van der Waals surface area contributed by atoms with Crippen molar-refractivity contribution in [3.05, 3.63) is 42.0 Å². The molecule has 0 bridgehead atoms. The zero-order chi connectivity index (χ0) is 18.8. The monoisotopic (exact) mass is 374 g/mol. The second-order valence-electron chi connectivity index (χ2n) is 7.10. The number of ether oxygens (including phenoxy) is 1. The Morgan fingerprint density at radius 3 is 2.70 bits per heavy atom. The molecule has 0 radical (unpaired) electrons. The molecule has 144 valence electrons. The van der Waals surface area contributed by atoms with E-state index in [1.165, 1.54) is 23.0 Å². The lowest BCUT2D eigenvalue weighted by Gasteiger charge is -2.28. The lowest BCUT2D eigenvalue weighted by atomic mass is 10.1. The second-order valence-corrected chi connectivity index (χ2v) is 7.10. The van der Waals surface area contributed by atoms with Crippen molar-refractivity contribution in [2.75, 3.05) is 45.9 Å². The van der Waals surface area contributed by atoms with Gasteiger partial charge in [0.05, 0.1) is 25.1 Å². The number of morpholine rings is 1. The van der Waals surface area contributed by atoms with E-state index < -0.39 is 0 Å². The van der Waals surface area contributed by atoms with Crippen LogP contribution < -0.4 is 0 Å². The molecule has 2 aliphatic rings. The Hall–Kier alpha value is -2.45. The van der Waals surface area contributed by atoms with Crippen molar-refractivity contribution >= 4 is 5.91 Å². The van der Waals surface area contributed by atoms with Gasteiger partial charge in [0, 0.05) is 32.7 Å². The number of carbonyl (C=O) groups excluding carboxylic acids is 1. The van der Waals surface area contributed by atoms with E-state index in [1.54, 1.807) is 17.0 Å². The summed E-state index contributed by atoms with van der Waals surface area (Å²) in [7, 11) is 0. The van der Waals surface area contributed by atoms with Crippen LogP contribution in [0.25, 0.3) is 5.69 Å². The molecule has 2 saturated heterocycles. The van der Waals surface area contributed by atoms with Gasteiger partial charge in [0.25, 0.3) is 5.91 Å². The molecule has 2 fully saturated rings. The average molecular weight is 374 g/mol. The van der Waals surface area contributed by atoms with Gasteiger partial charge in [-0.05, 0) is 36.6 Å². The Balaban J connectivity index is 1.41. The quantitative estimate of drug-likeness (QED) is 0.879. The molecule has 27 heavy (non-hydrogen) atoms. The molecule has 1 unspecified atom stereocenters. The van der Waals surface area contributed by atoms with E-state index in [9.17, 15) is 14.3 Å². The molecule has 1 amide bonds. The maximum absolute atomic E-state index is 13.1. The van der Waals surface area contributed by atoms with E-state index in [4.69, 9.17) is 4.74 Å². The first-order valence-corrected chi connectivity index (χ1v) is 9.24. The maximum atomic E-state index is 13.1. The fourth-order valence-corrected chi connectivity index (χ4v) is 3.71. The molecule has 2 aromatic rings. The van der Waals surface area contributed by atoms with Crippen LogP contribution >= 0.6 is 0 Å². The lowest BCUT2D eigenvalue weighted by molar-refractivity contribution is 0.0310. The van der Waals surface area contributed by atoms with Crippen LogP contribution in [0.1, 0.15) is 16.9 Å². The average Bonchev–Trinajstić information content (AvgIpc) is 3.29. The predicted molar refractivity (Wildman–Crippen MR) is 96.5 cm³/mol. The first-order valence-electron chi connectivity index (χ1n) is 9.24. The Bertz CT molecular complexity index is 802. The number of halogens is 1. The van der Waals surface area contributed by atoms with Crippen LogP contribution in [0.5, 0.6) is 5.75 Å². The molecule has 1 aromatic heterocycles. The SMILES string of the molecule is O=C(c1nn(-c2ccc(F)cc2)cc1O)N1CCC(CN2CCOCC2)C1. The Morgan fingerprint density at radius 1 is 1.22 bits per heavy atom. The zero-order valence-electron chi connectivity index (χ0n) is 15.1. The van der Waals surface area contributed by atoms with E-state index in [0.717, 1.165) is 39.3 Å². The van der Waals surface area contributed by atoms with Crippen LogP contribution in [0.4, 0.5) is 4.39 Å². The van der Waals surface area contributed by atoms with Crippen LogP contribution in [-0.2, 0) is 4.74 Å². The normalized spacial score (nSPS) is 20.9. The fraction of sp³-hybridized carbons (Fsp3) is 0.474. The highest BCUT2D eigenvalue weighted by Crippen LogP contribution is 2.24. The first kappa shape index (κ1) is 17.9. The molecule has 1 aromatic carbocycles. The van der Waals surface area contributed by atoms with Crippen molar-refractivity contribution in [2.24, 2.45) is 5.92 Å². The van der Waals surface area contributed by atoms with Crippen molar-refractivity contribution < 1.29 is 19.0 Å². The topological polar surface area (TPSA) is 70.8 Å². The van der Waals surface area contributed by atoms with Gasteiger partial charge < -0.3 is 14.7 Å². The van der Waals surface area contributed by atoms with Gasteiger partial charge in [-0.3, -0.25) is 9.69 Å². The van der Waals surface area contributed by atoms with Gasteiger partial charge in [-0.15, -0.1) is 0 Å². The zero-order valence-corrected chi connectivity index (χ0v) is 15.1. The third kappa shape index (κ3) is 3.96. The number of likely N-dealkylation sites (tertiary alicyclic amines) is 1. The number of hydrogen-bond acceptors (Lipinski definition) is 5. The van der Waals surface area contributed by atoms with E-state index in [1.807, 2.05) is 0 Å². The Morgan fingerprint density at radius 2 is 1.96 bits per heavy atom. The molecular weight excluding hydrogens is 351 g/mol. The van der Waals surface area contributed by atoms with Crippen molar-refractivity contribution in [1.29, 1.82) is 0 Å². The predicted octanol–water partition coefficient (Wildman–Crippen LogP) is 1.51. The highest BCUT2D eigenvalue weighted by molar-refractivity contribution is 5.95. The van der Waals surface area contributed by atoms with Gasteiger partial charge in [0.2, 0.25) is 0 Å². The molecule has 4 rings (SSSR count). The largest absolute Gasteiger partial charge is 0.504 e. The molecule has 1 atom stereocenters. The number of aromatic hydroxyl groups is 1. The molecule has 8 heteroatoms. The molecule has 3 heterocycles. The maximum Gasteiger partial charge on any atom is 0.278 e. The van der Waals surface area contributed by atoms with Gasteiger partial charge in [-0.25, -0.2) is 9.07 Å². The van der Waals surface area contributed by atoms with Crippen molar-refractivity contribution in [3.63, 3.8) is 0 Å². The summed E-state index contributed by atoms with van der Waals surface area (Å²) in [4.78, 5) is 16.9. The summed E-state index contributed by atoms with van der Waals surface area (Å²) < 4.78 is 19.8. The van der Waals surface area contributed by atoms with Gasteiger partial charge in [0.1, 0.15) is 5.82 Å². The number of amides is 1. The molecule has 1 N–H and O–H groups in total. The second kappa shape index (κ2) is 7.66. The van der Waals surface area contributed by atoms with E-state index >= 15 is 0 Å². The minimum Gasteiger partial charge on any atom is -0.504 e. The number of benzene rings is 1. The van der Waals surface area contributed by atoms with Crippen LogP contribution in [0, 0.1) is 11.7 Å². The van der Waals surface area contributed by atoms with E-state index in [2.05, 4.69) is 10.00 Å². The third-order valence-corrected chi connectivity index (χ3v) is 5.18. The number of aromatic nitrogens is 2. The minimum absolute atomic E-state index is 0.0337. The smallest absolute Gasteiger partial charge is 0.278 e. The molecule has 0 saturated carbocycles. The highest BCUT2D eigenvalue weighted by atomic mass is 19.1. The molecule has 7 nitrogen and oxygen atoms in total. The number of hydrogen-bond donors (Lipinski definition) is 1. The highest BCUT2D eigenvalue weighted by Gasteiger charge is 2.31. The minimum atomic E-state index is -0.352. The van der Waals surface area contributed by atoms with Gasteiger partial charge in [0.15, 0.2) is 11.4 Å². The summed E-state index contributed by atoms with van der Waals surface area (Å²) >= 11 is 0. The van der Waals surface area contributed by atoms with Gasteiger partial charge >= 0.3 is 0 Å². The number of rotatable bonds is 4. The van der Waals surface area contributed by atoms with Gasteiger partial charge in [-0.2, -0.15) is 5.10 Å².